The van der Waals surface area contributed by atoms with Crippen molar-refractivity contribution in [1.82, 2.24) is 29.8 Å². The molecule has 0 aliphatic carbocycles. The Kier molecular flexibility index (Phi) is 5.63. The van der Waals surface area contributed by atoms with Crippen LogP contribution in [-0.2, 0) is 12.2 Å². The SMILES string of the molecule is COc1ccc(-c2nc(SCc3cc(=O)n4nc(CC(C)C)sc4n3)n[nH]2)cc1. The van der Waals surface area contributed by atoms with Gasteiger partial charge in [-0.15, -0.1) is 5.10 Å². The van der Waals surface area contributed by atoms with E-state index in [-0.39, 0.29) is 5.56 Å². The van der Waals surface area contributed by atoms with E-state index in [4.69, 9.17) is 4.74 Å². The highest BCUT2D eigenvalue weighted by molar-refractivity contribution is 7.98. The van der Waals surface area contributed by atoms with Crippen molar-refractivity contribution in [2.75, 3.05) is 7.11 Å². The van der Waals surface area contributed by atoms with Crippen molar-refractivity contribution in [3.63, 3.8) is 0 Å². The first-order valence-corrected chi connectivity index (χ1v) is 10.9. The first-order chi connectivity index (χ1) is 14.0. The Bertz CT molecular complexity index is 1180. The standard InChI is InChI=1S/C19H20N6O2S2/c1-11(2)8-15-24-25-16(26)9-13(20-19(25)29-15)10-28-18-21-17(22-23-18)12-4-6-14(27-3)7-5-12/h4-7,9,11H,8,10H2,1-3H3,(H,21,22,23). The van der Waals surface area contributed by atoms with Gasteiger partial charge in [0.25, 0.3) is 5.56 Å². The molecule has 0 bridgehead atoms. The predicted octanol–water partition coefficient (Wildman–Crippen LogP) is 3.44. The summed E-state index contributed by atoms with van der Waals surface area (Å²) in [5, 5.41) is 13.1. The molecule has 3 aromatic heterocycles. The van der Waals surface area contributed by atoms with Crippen LogP contribution >= 0.6 is 23.1 Å². The smallest absolute Gasteiger partial charge is 0.275 e. The average Bonchev–Trinajstić information content (AvgIpc) is 3.33. The molecule has 0 unspecified atom stereocenters. The number of rotatable bonds is 7. The summed E-state index contributed by atoms with van der Waals surface area (Å²) in [7, 11) is 1.63. The molecule has 0 aliphatic heterocycles. The topological polar surface area (TPSA) is 98.1 Å². The summed E-state index contributed by atoms with van der Waals surface area (Å²) in [5.74, 6) is 2.45. The highest BCUT2D eigenvalue weighted by atomic mass is 32.2. The van der Waals surface area contributed by atoms with Crippen LogP contribution in [0.2, 0.25) is 0 Å². The number of aromatic nitrogens is 6. The maximum absolute atomic E-state index is 12.4. The molecule has 0 amide bonds. The van der Waals surface area contributed by atoms with Gasteiger partial charge in [0, 0.05) is 23.8 Å². The number of aromatic amines is 1. The van der Waals surface area contributed by atoms with Gasteiger partial charge in [0.15, 0.2) is 5.82 Å². The summed E-state index contributed by atoms with van der Waals surface area (Å²) in [6.45, 7) is 4.25. The van der Waals surface area contributed by atoms with Gasteiger partial charge in [0.2, 0.25) is 10.1 Å². The number of benzene rings is 1. The molecular formula is C19H20N6O2S2. The van der Waals surface area contributed by atoms with Crippen LogP contribution in [0, 0.1) is 5.92 Å². The van der Waals surface area contributed by atoms with Crippen LogP contribution in [0.15, 0.2) is 40.3 Å². The molecule has 4 rings (SSSR count). The molecule has 3 heterocycles. The molecule has 0 saturated carbocycles. The molecule has 29 heavy (non-hydrogen) atoms. The molecule has 0 radical (unpaired) electrons. The zero-order chi connectivity index (χ0) is 20.4. The van der Waals surface area contributed by atoms with E-state index in [0.29, 0.717) is 33.3 Å². The maximum atomic E-state index is 12.4. The lowest BCUT2D eigenvalue weighted by molar-refractivity contribution is 0.415. The van der Waals surface area contributed by atoms with Gasteiger partial charge in [-0.1, -0.05) is 36.9 Å². The maximum Gasteiger partial charge on any atom is 0.275 e. The largest absolute Gasteiger partial charge is 0.497 e. The van der Waals surface area contributed by atoms with Crippen molar-refractivity contribution in [3.05, 3.63) is 51.4 Å². The molecule has 150 valence electrons. The van der Waals surface area contributed by atoms with Gasteiger partial charge in [-0.25, -0.2) is 9.97 Å². The van der Waals surface area contributed by atoms with Crippen molar-refractivity contribution in [2.24, 2.45) is 5.92 Å². The lowest BCUT2D eigenvalue weighted by atomic mass is 10.1. The van der Waals surface area contributed by atoms with Crippen LogP contribution in [0.25, 0.3) is 16.3 Å². The fourth-order valence-electron chi connectivity index (χ4n) is 2.73. The molecular weight excluding hydrogens is 408 g/mol. The Morgan fingerprint density at radius 1 is 1.24 bits per heavy atom. The van der Waals surface area contributed by atoms with E-state index in [1.54, 1.807) is 7.11 Å². The molecule has 0 spiro atoms. The first kappa shape index (κ1) is 19.6. The van der Waals surface area contributed by atoms with Gasteiger partial charge in [-0.05, 0) is 30.2 Å². The lowest BCUT2D eigenvalue weighted by Crippen LogP contribution is -2.15. The Labute approximate surface area is 175 Å². The second-order valence-electron chi connectivity index (χ2n) is 6.86. The third kappa shape index (κ3) is 4.48. The molecule has 0 atom stereocenters. The van der Waals surface area contributed by atoms with Crippen LogP contribution in [0.3, 0.4) is 0 Å². The van der Waals surface area contributed by atoms with Crippen molar-refractivity contribution >= 4 is 28.1 Å². The summed E-state index contributed by atoms with van der Waals surface area (Å²) in [4.78, 5) is 22.1. The minimum absolute atomic E-state index is 0.161. The zero-order valence-corrected chi connectivity index (χ0v) is 17.9. The Balaban J connectivity index is 1.48. The van der Waals surface area contributed by atoms with E-state index in [1.807, 2.05) is 24.3 Å². The van der Waals surface area contributed by atoms with Gasteiger partial charge < -0.3 is 4.74 Å². The fraction of sp³-hybridized carbons (Fsp3) is 0.316. The molecule has 1 aromatic carbocycles. The summed E-state index contributed by atoms with van der Waals surface area (Å²) in [5.41, 5.74) is 1.45. The lowest BCUT2D eigenvalue weighted by Gasteiger charge is -2.00. The normalized spacial score (nSPS) is 11.4. The minimum atomic E-state index is -0.161. The Morgan fingerprint density at radius 2 is 2.03 bits per heavy atom. The Morgan fingerprint density at radius 3 is 2.76 bits per heavy atom. The second kappa shape index (κ2) is 8.34. The first-order valence-electron chi connectivity index (χ1n) is 9.10. The van der Waals surface area contributed by atoms with E-state index in [1.165, 1.54) is 33.7 Å². The van der Waals surface area contributed by atoms with Crippen molar-refractivity contribution in [2.45, 2.75) is 31.2 Å². The quantitative estimate of drug-likeness (QED) is 0.450. The minimum Gasteiger partial charge on any atom is -0.497 e. The summed E-state index contributed by atoms with van der Waals surface area (Å²) < 4.78 is 6.55. The monoisotopic (exact) mass is 428 g/mol. The van der Waals surface area contributed by atoms with E-state index in [2.05, 4.69) is 39.1 Å². The van der Waals surface area contributed by atoms with Crippen molar-refractivity contribution in [1.29, 1.82) is 0 Å². The molecule has 0 aliphatic rings. The highest BCUT2D eigenvalue weighted by Crippen LogP contribution is 2.24. The summed E-state index contributed by atoms with van der Waals surface area (Å²) in [6.07, 6.45) is 0.836. The van der Waals surface area contributed by atoms with Gasteiger partial charge >= 0.3 is 0 Å². The Hall–Kier alpha value is -2.72. The number of nitrogens with one attached hydrogen (secondary N) is 1. The highest BCUT2D eigenvalue weighted by Gasteiger charge is 2.12. The van der Waals surface area contributed by atoms with E-state index >= 15 is 0 Å². The third-order valence-corrected chi connectivity index (χ3v) is 5.91. The molecule has 0 saturated heterocycles. The number of ether oxygens (including phenoxy) is 1. The fourth-order valence-corrected chi connectivity index (χ4v) is 4.55. The number of hydrogen-bond donors (Lipinski definition) is 1. The van der Waals surface area contributed by atoms with Crippen LogP contribution in [0.4, 0.5) is 0 Å². The average molecular weight is 429 g/mol. The van der Waals surface area contributed by atoms with Crippen LogP contribution in [0.5, 0.6) is 5.75 Å². The van der Waals surface area contributed by atoms with Crippen LogP contribution in [0.1, 0.15) is 24.5 Å². The van der Waals surface area contributed by atoms with Crippen LogP contribution < -0.4 is 10.3 Å². The molecule has 0 fully saturated rings. The van der Waals surface area contributed by atoms with E-state index in [0.717, 1.165) is 22.7 Å². The zero-order valence-electron chi connectivity index (χ0n) is 16.2. The van der Waals surface area contributed by atoms with Gasteiger partial charge in [0.1, 0.15) is 10.8 Å². The van der Waals surface area contributed by atoms with E-state index < -0.39 is 0 Å². The number of hydrogen-bond acceptors (Lipinski definition) is 8. The summed E-state index contributed by atoms with van der Waals surface area (Å²) >= 11 is 2.89. The van der Waals surface area contributed by atoms with Gasteiger partial charge in [-0.2, -0.15) is 9.61 Å². The number of H-pyrrole nitrogens is 1. The van der Waals surface area contributed by atoms with Crippen molar-refractivity contribution in [3.8, 4) is 17.1 Å². The number of nitrogens with zero attached hydrogens (tertiary/aromatic N) is 5. The van der Waals surface area contributed by atoms with Crippen molar-refractivity contribution < 1.29 is 4.74 Å². The molecule has 10 heteroatoms. The number of fused-ring (bicyclic) bond motifs is 1. The molecule has 4 aromatic rings. The van der Waals surface area contributed by atoms with E-state index in [9.17, 15) is 4.79 Å². The van der Waals surface area contributed by atoms with Gasteiger partial charge in [0.05, 0.1) is 12.8 Å². The van der Waals surface area contributed by atoms with Gasteiger partial charge in [-0.3, -0.25) is 9.89 Å². The third-order valence-electron chi connectivity index (χ3n) is 4.10. The second-order valence-corrected chi connectivity index (χ2v) is 8.84. The number of thioether (sulfide) groups is 1. The number of methoxy groups -OCH3 is 1. The molecule has 1 N–H and O–H groups in total. The van der Waals surface area contributed by atoms with Crippen LogP contribution in [-0.4, -0.2) is 36.9 Å². The predicted molar refractivity (Wildman–Crippen MR) is 114 cm³/mol. The molecule has 8 nitrogen and oxygen atoms in total. The summed E-state index contributed by atoms with van der Waals surface area (Å²) in [6, 6.07) is 9.11.